The van der Waals surface area contributed by atoms with Crippen molar-refractivity contribution < 1.29 is 9.84 Å². The molecule has 1 heterocycles. The third kappa shape index (κ3) is 1.72. The average molecular weight is 204 g/mol. The minimum Gasteiger partial charge on any atom is -0.504 e. The van der Waals surface area contributed by atoms with Gasteiger partial charge in [-0.15, -0.1) is 6.58 Å². The van der Waals surface area contributed by atoms with Gasteiger partial charge in [-0.2, -0.15) is 0 Å². The Labute approximate surface area is 90.2 Å². The van der Waals surface area contributed by atoms with Crippen LogP contribution in [0.1, 0.15) is 25.0 Å². The third-order valence-electron chi connectivity index (χ3n) is 2.66. The van der Waals surface area contributed by atoms with Crippen molar-refractivity contribution in [3.8, 4) is 11.5 Å². The van der Waals surface area contributed by atoms with Crippen LogP contribution in [0.15, 0.2) is 24.8 Å². The molecule has 0 fully saturated rings. The van der Waals surface area contributed by atoms with E-state index in [2.05, 4.69) is 6.58 Å². The zero-order valence-corrected chi connectivity index (χ0v) is 9.21. The molecule has 1 aromatic carbocycles. The number of ether oxygens (including phenoxy) is 1. The van der Waals surface area contributed by atoms with E-state index in [4.69, 9.17) is 4.74 Å². The second kappa shape index (κ2) is 3.30. The molecule has 0 radical (unpaired) electrons. The fraction of sp³-hybridized carbons (Fsp3) is 0.385. The zero-order chi connectivity index (χ0) is 11.1. The van der Waals surface area contributed by atoms with Crippen molar-refractivity contribution in [2.75, 3.05) is 0 Å². The molecule has 1 aromatic rings. The molecule has 0 saturated heterocycles. The normalized spacial score (nSPS) is 16.9. The summed E-state index contributed by atoms with van der Waals surface area (Å²) in [5, 5.41) is 10.0. The number of rotatable bonds is 2. The summed E-state index contributed by atoms with van der Waals surface area (Å²) in [5.74, 6) is 0.928. The van der Waals surface area contributed by atoms with E-state index in [1.54, 1.807) is 6.08 Å². The van der Waals surface area contributed by atoms with Gasteiger partial charge in [-0.25, -0.2) is 0 Å². The highest BCUT2D eigenvalue weighted by atomic mass is 16.5. The lowest BCUT2D eigenvalue weighted by atomic mass is 10.00. The summed E-state index contributed by atoms with van der Waals surface area (Å²) >= 11 is 0. The van der Waals surface area contributed by atoms with E-state index in [9.17, 15) is 5.11 Å². The van der Waals surface area contributed by atoms with Gasteiger partial charge in [0.15, 0.2) is 11.5 Å². The first kappa shape index (κ1) is 10.1. The Balaban J connectivity index is 2.43. The van der Waals surface area contributed by atoms with Gasteiger partial charge in [-0.1, -0.05) is 18.2 Å². The predicted molar refractivity (Wildman–Crippen MR) is 60.4 cm³/mol. The Morgan fingerprint density at radius 2 is 2.27 bits per heavy atom. The van der Waals surface area contributed by atoms with E-state index in [1.807, 2.05) is 26.0 Å². The molecule has 0 atom stereocenters. The van der Waals surface area contributed by atoms with Crippen LogP contribution >= 0.6 is 0 Å². The first-order valence-corrected chi connectivity index (χ1v) is 5.17. The van der Waals surface area contributed by atoms with Crippen LogP contribution < -0.4 is 4.74 Å². The highest BCUT2D eigenvalue weighted by Gasteiger charge is 2.32. The molecule has 0 aliphatic carbocycles. The highest BCUT2D eigenvalue weighted by Crippen LogP contribution is 2.43. The fourth-order valence-corrected chi connectivity index (χ4v) is 2.00. The lowest BCUT2D eigenvalue weighted by molar-refractivity contribution is 0.134. The summed E-state index contributed by atoms with van der Waals surface area (Å²) in [6.07, 6.45) is 3.30. The molecule has 1 aliphatic heterocycles. The molecule has 1 N–H and O–H groups in total. The van der Waals surface area contributed by atoms with E-state index in [-0.39, 0.29) is 11.4 Å². The van der Waals surface area contributed by atoms with Crippen molar-refractivity contribution in [1.29, 1.82) is 0 Å². The van der Waals surface area contributed by atoms with Crippen LogP contribution in [0, 0.1) is 0 Å². The summed E-state index contributed by atoms with van der Waals surface area (Å²) in [7, 11) is 0. The largest absolute Gasteiger partial charge is 0.504 e. The van der Waals surface area contributed by atoms with Gasteiger partial charge in [-0.3, -0.25) is 0 Å². The lowest BCUT2D eigenvalue weighted by Gasteiger charge is -2.17. The van der Waals surface area contributed by atoms with Gasteiger partial charge in [0.2, 0.25) is 0 Å². The van der Waals surface area contributed by atoms with Crippen molar-refractivity contribution in [3.63, 3.8) is 0 Å². The van der Waals surface area contributed by atoms with Gasteiger partial charge in [0.1, 0.15) is 5.60 Å². The van der Waals surface area contributed by atoms with Crippen molar-refractivity contribution in [3.05, 3.63) is 35.9 Å². The number of hydrogen-bond donors (Lipinski definition) is 1. The minimum atomic E-state index is -0.202. The summed E-state index contributed by atoms with van der Waals surface area (Å²) in [4.78, 5) is 0. The number of allylic oxidation sites excluding steroid dienone is 1. The van der Waals surface area contributed by atoms with E-state index in [0.717, 1.165) is 17.5 Å². The van der Waals surface area contributed by atoms with E-state index in [1.165, 1.54) is 0 Å². The molecular formula is C13H16O2. The second-order valence-electron chi connectivity index (χ2n) is 4.59. The van der Waals surface area contributed by atoms with Crippen LogP contribution in [-0.4, -0.2) is 10.7 Å². The minimum absolute atomic E-state index is 0.202. The molecule has 0 aromatic heterocycles. The van der Waals surface area contributed by atoms with Crippen LogP contribution in [0.5, 0.6) is 11.5 Å². The number of fused-ring (bicyclic) bond motifs is 1. The first-order chi connectivity index (χ1) is 7.03. The maximum Gasteiger partial charge on any atom is 0.165 e. The number of phenols is 1. The van der Waals surface area contributed by atoms with Crippen LogP contribution in [0.4, 0.5) is 0 Å². The summed E-state index contributed by atoms with van der Waals surface area (Å²) in [5.41, 5.74) is 1.76. The SMILES string of the molecule is C=CCc1ccc2c(c1O)OC(C)(C)C2. The summed E-state index contributed by atoms with van der Waals surface area (Å²) < 4.78 is 5.73. The molecule has 80 valence electrons. The van der Waals surface area contributed by atoms with Crippen molar-refractivity contribution >= 4 is 0 Å². The Morgan fingerprint density at radius 1 is 1.53 bits per heavy atom. The Kier molecular flexibility index (Phi) is 2.22. The molecular weight excluding hydrogens is 188 g/mol. The molecule has 0 bridgehead atoms. The van der Waals surface area contributed by atoms with Gasteiger partial charge < -0.3 is 9.84 Å². The lowest BCUT2D eigenvalue weighted by Crippen LogP contribution is -2.24. The van der Waals surface area contributed by atoms with Gasteiger partial charge in [-0.05, 0) is 20.3 Å². The van der Waals surface area contributed by atoms with E-state index >= 15 is 0 Å². The van der Waals surface area contributed by atoms with Crippen molar-refractivity contribution in [1.82, 2.24) is 0 Å². The van der Waals surface area contributed by atoms with Crippen LogP contribution in [0.2, 0.25) is 0 Å². The van der Waals surface area contributed by atoms with Crippen LogP contribution in [0.3, 0.4) is 0 Å². The number of aromatic hydroxyl groups is 1. The molecule has 2 nitrogen and oxygen atoms in total. The summed E-state index contributed by atoms with van der Waals surface area (Å²) in [6, 6.07) is 3.98. The molecule has 0 unspecified atom stereocenters. The predicted octanol–water partition coefficient (Wildman–Crippen LogP) is 2.83. The number of hydrogen-bond acceptors (Lipinski definition) is 2. The van der Waals surface area contributed by atoms with Crippen LogP contribution in [0.25, 0.3) is 0 Å². The summed E-state index contributed by atoms with van der Waals surface area (Å²) in [6.45, 7) is 7.72. The molecule has 0 amide bonds. The topological polar surface area (TPSA) is 29.5 Å². The zero-order valence-electron chi connectivity index (χ0n) is 9.21. The smallest absolute Gasteiger partial charge is 0.165 e. The van der Waals surface area contributed by atoms with Crippen molar-refractivity contribution in [2.24, 2.45) is 0 Å². The maximum absolute atomic E-state index is 10.0. The molecule has 15 heavy (non-hydrogen) atoms. The number of phenolic OH excluding ortho intramolecular Hbond substituents is 1. The quantitative estimate of drug-likeness (QED) is 0.750. The van der Waals surface area contributed by atoms with Gasteiger partial charge in [0, 0.05) is 17.5 Å². The highest BCUT2D eigenvalue weighted by molar-refractivity contribution is 5.54. The molecule has 2 heteroatoms. The fourth-order valence-electron chi connectivity index (χ4n) is 2.00. The van der Waals surface area contributed by atoms with E-state index in [0.29, 0.717) is 12.2 Å². The molecule has 0 saturated carbocycles. The molecule has 1 aliphatic rings. The Morgan fingerprint density at radius 3 is 2.93 bits per heavy atom. The monoisotopic (exact) mass is 204 g/mol. The average Bonchev–Trinajstić information content (AvgIpc) is 2.46. The standard InChI is InChI=1S/C13H16O2/c1-4-5-9-6-7-10-8-13(2,3)15-12(10)11(9)14/h4,6-7,14H,1,5,8H2,2-3H3. The van der Waals surface area contributed by atoms with Gasteiger partial charge >= 0.3 is 0 Å². The van der Waals surface area contributed by atoms with Crippen LogP contribution in [-0.2, 0) is 12.8 Å². The third-order valence-corrected chi connectivity index (χ3v) is 2.66. The molecule has 2 rings (SSSR count). The van der Waals surface area contributed by atoms with Gasteiger partial charge in [0.25, 0.3) is 0 Å². The van der Waals surface area contributed by atoms with E-state index < -0.39 is 0 Å². The second-order valence-corrected chi connectivity index (χ2v) is 4.59. The number of benzene rings is 1. The Bertz CT molecular complexity index is 405. The molecule has 0 spiro atoms. The van der Waals surface area contributed by atoms with Gasteiger partial charge in [0.05, 0.1) is 0 Å². The first-order valence-electron chi connectivity index (χ1n) is 5.17. The Hall–Kier alpha value is -1.44. The maximum atomic E-state index is 10.0. The van der Waals surface area contributed by atoms with Crippen molar-refractivity contribution in [2.45, 2.75) is 32.3 Å².